The van der Waals surface area contributed by atoms with Gasteiger partial charge in [-0.25, -0.2) is 0 Å². The Labute approximate surface area is 89.2 Å². The van der Waals surface area contributed by atoms with Gasteiger partial charge in [-0.1, -0.05) is 0 Å². The molecule has 15 heavy (non-hydrogen) atoms. The van der Waals surface area contributed by atoms with Crippen molar-refractivity contribution in [1.82, 2.24) is 10.6 Å². The Bertz CT molecular complexity index is 231. The summed E-state index contributed by atoms with van der Waals surface area (Å²) in [5.41, 5.74) is 0. The quantitative estimate of drug-likeness (QED) is 0.517. The van der Waals surface area contributed by atoms with E-state index in [2.05, 4.69) is 10.6 Å². The van der Waals surface area contributed by atoms with Gasteiger partial charge in [0.05, 0.1) is 5.92 Å². The number of hydrogen-bond donors (Lipinski definition) is 3. The Hall–Kier alpha value is -1.10. The highest BCUT2D eigenvalue weighted by Gasteiger charge is 2.27. The van der Waals surface area contributed by atoms with Gasteiger partial charge in [0.25, 0.3) is 0 Å². The van der Waals surface area contributed by atoms with Crippen LogP contribution in [-0.4, -0.2) is 36.6 Å². The maximum absolute atomic E-state index is 11.5. The summed E-state index contributed by atoms with van der Waals surface area (Å²) in [5, 5.41) is 14.0. The third kappa shape index (κ3) is 4.29. The van der Waals surface area contributed by atoms with Crippen LogP contribution in [0.5, 0.6) is 0 Å². The number of aliphatic hydroxyl groups excluding tert-OH is 1. The van der Waals surface area contributed by atoms with Crippen molar-refractivity contribution in [2.45, 2.75) is 25.7 Å². The van der Waals surface area contributed by atoms with Crippen LogP contribution in [0.1, 0.15) is 25.7 Å². The normalized spacial score (nSPS) is 20.1. The fourth-order valence-electron chi connectivity index (χ4n) is 1.56. The maximum atomic E-state index is 11.5. The number of hydrogen-bond acceptors (Lipinski definition) is 3. The molecule has 0 aliphatic carbocycles. The van der Waals surface area contributed by atoms with Crippen LogP contribution in [0.25, 0.3) is 0 Å². The highest BCUT2D eigenvalue weighted by atomic mass is 16.3. The molecule has 1 heterocycles. The van der Waals surface area contributed by atoms with Crippen molar-refractivity contribution in [3.05, 3.63) is 0 Å². The van der Waals surface area contributed by atoms with Crippen LogP contribution in [0.2, 0.25) is 0 Å². The van der Waals surface area contributed by atoms with Gasteiger partial charge in [-0.2, -0.15) is 0 Å². The lowest BCUT2D eigenvalue weighted by atomic mass is 10.1. The number of amides is 2. The van der Waals surface area contributed by atoms with Crippen molar-refractivity contribution >= 4 is 11.8 Å². The second kappa shape index (κ2) is 6.40. The zero-order valence-electron chi connectivity index (χ0n) is 8.79. The van der Waals surface area contributed by atoms with Crippen LogP contribution in [-0.2, 0) is 9.59 Å². The van der Waals surface area contributed by atoms with Gasteiger partial charge in [0.2, 0.25) is 11.8 Å². The molecule has 1 rings (SSSR count). The topological polar surface area (TPSA) is 78.4 Å². The van der Waals surface area contributed by atoms with Gasteiger partial charge in [0.15, 0.2) is 0 Å². The highest BCUT2D eigenvalue weighted by molar-refractivity contribution is 5.89. The summed E-state index contributed by atoms with van der Waals surface area (Å²) in [5.74, 6) is -0.289. The molecule has 0 saturated carbocycles. The molecule has 2 amide bonds. The van der Waals surface area contributed by atoms with Crippen molar-refractivity contribution in [3.63, 3.8) is 0 Å². The lowest BCUT2D eigenvalue weighted by Crippen LogP contribution is -2.32. The number of aliphatic hydroxyl groups is 1. The molecule has 0 bridgehead atoms. The molecule has 1 aliphatic heterocycles. The first-order valence-electron chi connectivity index (χ1n) is 5.39. The van der Waals surface area contributed by atoms with Crippen LogP contribution in [0, 0.1) is 5.92 Å². The van der Waals surface area contributed by atoms with Crippen LogP contribution < -0.4 is 10.6 Å². The number of carbonyl (C=O) groups excluding carboxylic acids is 2. The number of unbranched alkanes of at least 4 members (excludes halogenated alkanes) is 2. The first-order chi connectivity index (χ1) is 7.24. The van der Waals surface area contributed by atoms with Gasteiger partial charge < -0.3 is 15.7 Å². The van der Waals surface area contributed by atoms with E-state index < -0.39 is 0 Å². The van der Waals surface area contributed by atoms with Gasteiger partial charge in [-0.05, 0) is 19.3 Å². The molecule has 5 heteroatoms. The third-order valence-corrected chi connectivity index (χ3v) is 2.48. The van der Waals surface area contributed by atoms with Gasteiger partial charge in [0.1, 0.15) is 0 Å². The third-order valence-electron chi connectivity index (χ3n) is 2.48. The molecule has 0 aromatic rings. The molecule has 1 saturated heterocycles. The van der Waals surface area contributed by atoms with E-state index in [0.717, 1.165) is 19.3 Å². The average Bonchev–Trinajstić information content (AvgIpc) is 2.64. The Balaban J connectivity index is 2.06. The predicted octanol–water partition coefficient (Wildman–Crippen LogP) is -0.599. The van der Waals surface area contributed by atoms with Gasteiger partial charge in [-0.3, -0.25) is 9.59 Å². The smallest absolute Gasteiger partial charge is 0.225 e. The molecule has 1 aliphatic rings. The zero-order valence-corrected chi connectivity index (χ0v) is 8.79. The van der Waals surface area contributed by atoms with E-state index in [-0.39, 0.29) is 24.3 Å². The van der Waals surface area contributed by atoms with Crippen LogP contribution >= 0.6 is 0 Å². The first-order valence-corrected chi connectivity index (χ1v) is 5.39. The van der Waals surface area contributed by atoms with Gasteiger partial charge in [0, 0.05) is 26.1 Å². The predicted molar refractivity (Wildman–Crippen MR) is 55.1 cm³/mol. The summed E-state index contributed by atoms with van der Waals surface area (Å²) in [6.07, 6.45) is 2.88. The standard InChI is InChI=1S/C10H18N2O3/c13-5-3-1-2-4-11-10(15)8-6-9(14)12-7-8/h8,13H,1-7H2,(H,11,15)(H,12,14). The average molecular weight is 214 g/mol. The van der Waals surface area contributed by atoms with Crippen molar-refractivity contribution in [1.29, 1.82) is 0 Å². The fourth-order valence-corrected chi connectivity index (χ4v) is 1.56. The minimum atomic E-state index is -0.199. The molecule has 0 aromatic heterocycles. The van der Waals surface area contributed by atoms with E-state index in [1.165, 1.54) is 0 Å². The molecular formula is C10H18N2O3. The van der Waals surface area contributed by atoms with Crippen molar-refractivity contribution in [3.8, 4) is 0 Å². The van der Waals surface area contributed by atoms with Gasteiger partial charge in [-0.15, -0.1) is 0 Å². The number of carbonyl (C=O) groups is 2. The summed E-state index contributed by atoms with van der Waals surface area (Å²) in [6, 6.07) is 0. The van der Waals surface area contributed by atoms with Crippen molar-refractivity contribution < 1.29 is 14.7 Å². The summed E-state index contributed by atoms with van der Waals surface area (Å²) >= 11 is 0. The zero-order chi connectivity index (χ0) is 11.1. The summed E-state index contributed by atoms with van der Waals surface area (Å²) in [7, 11) is 0. The minimum absolute atomic E-state index is 0.0441. The first kappa shape index (κ1) is 12.0. The van der Waals surface area contributed by atoms with E-state index >= 15 is 0 Å². The Morgan fingerprint density at radius 2 is 2.27 bits per heavy atom. The Morgan fingerprint density at radius 3 is 2.87 bits per heavy atom. The monoisotopic (exact) mass is 214 g/mol. The maximum Gasteiger partial charge on any atom is 0.225 e. The SMILES string of the molecule is O=C1CC(C(=O)NCCCCCO)CN1. The van der Waals surface area contributed by atoms with Crippen LogP contribution in [0.3, 0.4) is 0 Å². The minimum Gasteiger partial charge on any atom is -0.396 e. The highest BCUT2D eigenvalue weighted by Crippen LogP contribution is 2.08. The molecule has 1 atom stereocenters. The molecule has 1 fully saturated rings. The Kier molecular flexibility index (Phi) is 5.10. The van der Waals surface area contributed by atoms with Crippen molar-refractivity contribution in [2.75, 3.05) is 19.7 Å². The summed E-state index contributed by atoms with van der Waals surface area (Å²) < 4.78 is 0. The molecule has 0 aromatic carbocycles. The largest absolute Gasteiger partial charge is 0.396 e. The van der Waals surface area contributed by atoms with Crippen molar-refractivity contribution in [2.24, 2.45) is 5.92 Å². The van der Waals surface area contributed by atoms with Crippen LogP contribution in [0.15, 0.2) is 0 Å². The summed E-state index contributed by atoms with van der Waals surface area (Å²) in [4.78, 5) is 22.3. The van der Waals surface area contributed by atoms with E-state index in [1.807, 2.05) is 0 Å². The van der Waals surface area contributed by atoms with E-state index in [1.54, 1.807) is 0 Å². The van der Waals surface area contributed by atoms with Crippen LogP contribution in [0.4, 0.5) is 0 Å². The molecule has 86 valence electrons. The van der Waals surface area contributed by atoms with E-state index in [0.29, 0.717) is 19.5 Å². The lowest BCUT2D eigenvalue weighted by molar-refractivity contribution is -0.126. The summed E-state index contributed by atoms with van der Waals surface area (Å²) in [6.45, 7) is 1.29. The molecule has 0 radical (unpaired) electrons. The molecular weight excluding hydrogens is 196 g/mol. The lowest BCUT2D eigenvalue weighted by Gasteiger charge is -2.08. The van der Waals surface area contributed by atoms with Gasteiger partial charge >= 0.3 is 0 Å². The van der Waals surface area contributed by atoms with E-state index in [9.17, 15) is 9.59 Å². The Morgan fingerprint density at radius 1 is 1.47 bits per heavy atom. The molecule has 3 N–H and O–H groups in total. The van der Waals surface area contributed by atoms with E-state index in [4.69, 9.17) is 5.11 Å². The fraction of sp³-hybridized carbons (Fsp3) is 0.800. The number of nitrogens with one attached hydrogen (secondary N) is 2. The second-order valence-corrected chi connectivity index (χ2v) is 3.78. The number of rotatable bonds is 6. The molecule has 5 nitrogen and oxygen atoms in total. The molecule has 1 unspecified atom stereocenters. The second-order valence-electron chi connectivity index (χ2n) is 3.78. The molecule has 0 spiro atoms.